The number of nitrogens with one attached hydrogen (secondary N) is 1. The minimum Gasteiger partial charge on any atom is -0.461 e. The van der Waals surface area contributed by atoms with Crippen LogP contribution in [0.1, 0.15) is 37.2 Å². The third-order valence-electron chi connectivity index (χ3n) is 4.44. The summed E-state index contributed by atoms with van der Waals surface area (Å²) in [6.45, 7) is 7.34. The second-order valence-electron chi connectivity index (χ2n) is 6.34. The van der Waals surface area contributed by atoms with Crippen LogP contribution in [0.15, 0.2) is 33.4 Å². The molecule has 0 aliphatic carbocycles. The Balaban J connectivity index is 1.49. The van der Waals surface area contributed by atoms with E-state index in [2.05, 4.69) is 29.2 Å². The predicted octanol–water partition coefficient (Wildman–Crippen LogP) is 2.78. The molecule has 1 fully saturated rings. The highest BCUT2D eigenvalue weighted by atomic mass is 16.5. The van der Waals surface area contributed by atoms with E-state index in [9.17, 15) is 4.79 Å². The summed E-state index contributed by atoms with van der Waals surface area (Å²) in [7, 11) is 0. The lowest BCUT2D eigenvalue weighted by Crippen LogP contribution is -2.41. The lowest BCUT2D eigenvalue weighted by Gasteiger charge is -2.34. The third kappa shape index (κ3) is 3.82. The molecule has 2 aromatic rings. The molecular formula is C17H23N3O3. The minimum absolute atomic E-state index is 0.196. The number of piperidine rings is 1. The number of hydrogen-bond donors (Lipinski definition) is 1. The molecular weight excluding hydrogens is 294 g/mol. The van der Waals surface area contributed by atoms with Crippen LogP contribution in [0.25, 0.3) is 11.5 Å². The molecule has 23 heavy (non-hydrogen) atoms. The minimum atomic E-state index is -0.196. The molecule has 1 amide bonds. The van der Waals surface area contributed by atoms with Gasteiger partial charge in [0.25, 0.3) is 5.91 Å². The van der Waals surface area contributed by atoms with Crippen molar-refractivity contribution in [3.63, 3.8) is 0 Å². The van der Waals surface area contributed by atoms with Gasteiger partial charge in [0.1, 0.15) is 0 Å². The lowest BCUT2D eigenvalue weighted by atomic mass is 9.96. The van der Waals surface area contributed by atoms with Gasteiger partial charge in [0.05, 0.1) is 6.26 Å². The lowest BCUT2D eigenvalue weighted by molar-refractivity contribution is 0.0921. The number of rotatable bonds is 5. The number of nitrogens with zero attached hydrogens (tertiary/aromatic N) is 2. The van der Waals surface area contributed by atoms with Gasteiger partial charge in [0.15, 0.2) is 11.5 Å². The molecule has 0 spiro atoms. The van der Waals surface area contributed by atoms with Crippen LogP contribution in [-0.4, -0.2) is 41.6 Å². The van der Waals surface area contributed by atoms with Gasteiger partial charge in [-0.1, -0.05) is 5.16 Å². The van der Waals surface area contributed by atoms with Gasteiger partial charge in [0, 0.05) is 18.7 Å². The summed E-state index contributed by atoms with van der Waals surface area (Å²) in [5.41, 5.74) is 0.288. The number of carbonyl (C=O) groups excluding carboxylic acids is 1. The van der Waals surface area contributed by atoms with Gasteiger partial charge in [-0.25, -0.2) is 0 Å². The van der Waals surface area contributed by atoms with Crippen molar-refractivity contribution in [3.8, 4) is 11.5 Å². The number of hydrogen-bond acceptors (Lipinski definition) is 5. The van der Waals surface area contributed by atoms with Crippen molar-refractivity contribution in [2.75, 3.05) is 19.6 Å². The van der Waals surface area contributed by atoms with Gasteiger partial charge in [-0.15, -0.1) is 0 Å². The number of furan rings is 1. The molecule has 6 nitrogen and oxygen atoms in total. The van der Waals surface area contributed by atoms with Gasteiger partial charge >= 0.3 is 0 Å². The van der Waals surface area contributed by atoms with Gasteiger partial charge in [-0.05, 0) is 57.8 Å². The molecule has 124 valence electrons. The standard InChI is InChI=1S/C17H23N3O3/c1-12(2)20-7-5-13(6-8-20)11-18-17(21)14-10-16(23-19-14)15-4-3-9-22-15/h3-4,9-10,12-13H,5-8,11H2,1-2H3,(H,18,21). The molecule has 1 N–H and O–H groups in total. The molecule has 0 aromatic carbocycles. The molecule has 0 radical (unpaired) electrons. The molecule has 0 atom stereocenters. The predicted molar refractivity (Wildman–Crippen MR) is 86.0 cm³/mol. The van der Waals surface area contributed by atoms with E-state index >= 15 is 0 Å². The third-order valence-corrected chi connectivity index (χ3v) is 4.44. The van der Waals surface area contributed by atoms with Crippen LogP contribution >= 0.6 is 0 Å². The maximum Gasteiger partial charge on any atom is 0.273 e. The molecule has 1 aliphatic heterocycles. The monoisotopic (exact) mass is 317 g/mol. The van der Waals surface area contributed by atoms with Crippen LogP contribution in [0.5, 0.6) is 0 Å². The quantitative estimate of drug-likeness (QED) is 0.918. The summed E-state index contributed by atoms with van der Waals surface area (Å²) in [6.07, 6.45) is 3.80. The second-order valence-corrected chi connectivity index (χ2v) is 6.34. The molecule has 0 saturated carbocycles. The number of carbonyl (C=O) groups is 1. The zero-order chi connectivity index (χ0) is 16.2. The molecule has 0 unspecified atom stereocenters. The Labute approximate surface area is 135 Å². The topological polar surface area (TPSA) is 71.5 Å². The molecule has 1 saturated heterocycles. The molecule has 3 rings (SSSR count). The largest absolute Gasteiger partial charge is 0.461 e. The molecule has 3 heterocycles. The van der Waals surface area contributed by atoms with Crippen LogP contribution in [0.4, 0.5) is 0 Å². The maximum atomic E-state index is 12.2. The van der Waals surface area contributed by atoms with Crippen molar-refractivity contribution in [1.29, 1.82) is 0 Å². The van der Waals surface area contributed by atoms with Gasteiger partial charge in [-0.2, -0.15) is 0 Å². The van der Waals surface area contributed by atoms with Crippen LogP contribution in [0.3, 0.4) is 0 Å². The summed E-state index contributed by atoms with van der Waals surface area (Å²) >= 11 is 0. The first-order valence-electron chi connectivity index (χ1n) is 8.16. The van der Waals surface area contributed by atoms with E-state index in [-0.39, 0.29) is 11.6 Å². The van der Waals surface area contributed by atoms with Gasteiger partial charge in [0.2, 0.25) is 5.76 Å². The van der Waals surface area contributed by atoms with E-state index in [0.29, 0.717) is 30.0 Å². The Kier molecular flexibility index (Phi) is 4.81. The van der Waals surface area contributed by atoms with Crippen molar-refractivity contribution in [3.05, 3.63) is 30.2 Å². The zero-order valence-electron chi connectivity index (χ0n) is 13.6. The maximum absolute atomic E-state index is 12.2. The van der Waals surface area contributed by atoms with E-state index in [4.69, 9.17) is 8.94 Å². The molecule has 6 heteroatoms. The molecule has 0 bridgehead atoms. The normalized spacial score (nSPS) is 16.8. The van der Waals surface area contributed by atoms with Crippen LogP contribution in [0.2, 0.25) is 0 Å². The highest BCUT2D eigenvalue weighted by Gasteiger charge is 2.22. The Bertz CT molecular complexity index is 625. The van der Waals surface area contributed by atoms with E-state index in [1.54, 1.807) is 24.5 Å². The molecule has 2 aromatic heterocycles. The smallest absolute Gasteiger partial charge is 0.273 e. The summed E-state index contributed by atoms with van der Waals surface area (Å²) in [4.78, 5) is 14.6. The highest BCUT2D eigenvalue weighted by molar-refractivity contribution is 5.92. The van der Waals surface area contributed by atoms with Crippen molar-refractivity contribution in [2.45, 2.75) is 32.7 Å². The first kappa shape index (κ1) is 15.8. The SMILES string of the molecule is CC(C)N1CCC(CNC(=O)c2cc(-c3ccco3)on2)CC1. The number of amides is 1. The average molecular weight is 317 g/mol. The fraction of sp³-hybridized carbons (Fsp3) is 0.529. The number of likely N-dealkylation sites (tertiary alicyclic amines) is 1. The van der Waals surface area contributed by atoms with Crippen LogP contribution < -0.4 is 5.32 Å². The van der Waals surface area contributed by atoms with Gasteiger partial charge < -0.3 is 19.2 Å². The Morgan fingerprint density at radius 2 is 2.17 bits per heavy atom. The van der Waals surface area contributed by atoms with E-state index in [1.807, 2.05) is 0 Å². The fourth-order valence-electron chi connectivity index (χ4n) is 2.92. The van der Waals surface area contributed by atoms with Crippen molar-refractivity contribution in [1.82, 2.24) is 15.4 Å². The first-order chi connectivity index (χ1) is 11.1. The van der Waals surface area contributed by atoms with E-state index < -0.39 is 0 Å². The number of aromatic nitrogens is 1. The van der Waals surface area contributed by atoms with Gasteiger partial charge in [-0.3, -0.25) is 4.79 Å². The Hall–Kier alpha value is -2.08. The van der Waals surface area contributed by atoms with Crippen molar-refractivity contribution in [2.24, 2.45) is 5.92 Å². The Morgan fingerprint density at radius 1 is 1.39 bits per heavy atom. The van der Waals surface area contributed by atoms with Crippen molar-refractivity contribution < 1.29 is 13.7 Å². The van der Waals surface area contributed by atoms with Crippen molar-refractivity contribution >= 4 is 5.91 Å². The summed E-state index contributed by atoms with van der Waals surface area (Å²) in [5, 5.41) is 6.78. The summed E-state index contributed by atoms with van der Waals surface area (Å²) < 4.78 is 10.4. The summed E-state index contributed by atoms with van der Waals surface area (Å²) in [6, 6.07) is 5.74. The first-order valence-corrected chi connectivity index (χ1v) is 8.16. The zero-order valence-corrected chi connectivity index (χ0v) is 13.6. The summed E-state index contributed by atoms with van der Waals surface area (Å²) in [5.74, 6) is 1.37. The van der Waals surface area contributed by atoms with Crippen LogP contribution in [0, 0.1) is 5.92 Å². The Morgan fingerprint density at radius 3 is 2.83 bits per heavy atom. The molecule has 1 aliphatic rings. The second kappa shape index (κ2) is 7.00. The van der Waals surface area contributed by atoms with E-state index in [1.165, 1.54) is 0 Å². The highest BCUT2D eigenvalue weighted by Crippen LogP contribution is 2.21. The van der Waals surface area contributed by atoms with Crippen LogP contribution in [-0.2, 0) is 0 Å². The van der Waals surface area contributed by atoms with E-state index in [0.717, 1.165) is 25.9 Å². The fourth-order valence-corrected chi connectivity index (χ4v) is 2.92. The average Bonchev–Trinajstić information content (AvgIpc) is 3.23.